The third-order valence-electron chi connectivity index (χ3n) is 5.55. The summed E-state index contributed by atoms with van der Waals surface area (Å²) in [5.41, 5.74) is 0.643. The molecule has 7 nitrogen and oxygen atoms in total. The van der Waals surface area contributed by atoms with Gasteiger partial charge in [0.2, 0.25) is 0 Å². The molecule has 2 aliphatic rings. The van der Waals surface area contributed by atoms with Crippen LogP contribution in [0.3, 0.4) is 0 Å². The molecule has 2 saturated heterocycles. The Bertz CT molecular complexity index is 581. The molecule has 2 fully saturated rings. The number of amides is 1. The molecule has 1 atom stereocenters. The topological polar surface area (TPSA) is 59.8 Å². The van der Waals surface area contributed by atoms with E-state index >= 15 is 0 Å². The van der Waals surface area contributed by atoms with Gasteiger partial charge in [-0.3, -0.25) is 14.4 Å². The van der Waals surface area contributed by atoms with Gasteiger partial charge in [-0.05, 0) is 45.3 Å². The van der Waals surface area contributed by atoms with Gasteiger partial charge in [0.1, 0.15) is 5.69 Å². The number of nitrogens with zero attached hydrogens (tertiary/aromatic N) is 4. The van der Waals surface area contributed by atoms with E-state index in [1.165, 1.54) is 6.42 Å². The number of likely N-dealkylation sites (N-methyl/N-ethyl adjacent to an activating group) is 1. The molecule has 0 aliphatic carbocycles. The van der Waals surface area contributed by atoms with Crippen LogP contribution in [0.4, 0.5) is 0 Å². The SMILES string of the molecule is CCOC[C@@H]1CCN(C)C2(C1)CN(C(=O)c1ccn(CCOC)n1)C2. The Kier molecular flexibility index (Phi) is 5.76. The number of rotatable bonds is 7. The summed E-state index contributed by atoms with van der Waals surface area (Å²) in [5, 5.41) is 4.37. The molecule has 7 heteroatoms. The van der Waals surface area contributed by atoms with E-state index < -0.39 is 0 Å². The van der Waals surface area contributed by atoms with Crippen LogP contribution in [0.1, 0.15) is 30.3 Å². The minimum Gasteiger partial charge on any atom is -0.383 e. The first kappa shape index (κ1) is 18.4. The molecular formula is C18H30N4O3. The predicted octanol–water partition coefficient (Wildman–Crippen LogP) is 1.10. The normalized spacial score (nSPS) is 23.0. The summed E-state index contributed by atoms with van der Waals surface area (Å²) < 4.78 is 12.4. The van der Waals surface area contributed by atoms with Crippen molar-refractivity contribution >= 4 is 5.91 Å². The summed E-state index contributed by atoms with van der Waals surface area (Å²) in [6.07, 6.45) is 4.12. The zero-order valence-electron chi connectivity index (χ0n) is 15.6. The van der Waals surface area contributed by atoms with Crippen molar-refractivity contribution in [3.05, 3.63) is 18.0 Å². The second kappa shape index (κ2) is 7.85. The summed E-state index contributed by atoms with van der Waals surface area (Å²) in [6, 6.07) is 1.80. The van der Waals surface area contributed by atoms with E-state index in [2.05, 4.69) is 17.0 Å². The number of likely N-dealkylation sites (tertiary alicyclic amines) is 2. The van der Waals surface area contributed by atoms with Crippen LogP contribution in [0.25, 0.3) is 0 Å². The standard InChI is InChI=1S/C18H30N4O3/c1-4-25-12-15-5-7-20(2)18(11-15)13-21(14-18)17(23)16-6-8-22(19-16)9-10-24-3/h6,8,15H,4-5,7,9-14H2,1-3H3/t15-/m1/s1. The van der Waals surface area contributed by atoms with E-state index in [-0.39, 0.29) is 11.4 Å². The third kappa shape index (κ3) is 3.88. The van der Waals surface area contributed by atoms with Crippen molar-refractivity contribution in [1.29, 1.82) is 0 Å². The van der Waals surface area contributed by atoms with E-state index in [1.807, 2.05) is 18.0 Å². The van der Waals surface area contributed by atoms with E-state index in [9.17, 15) is 4.79 Å². The van der Waals surface area contributed by atoms with Crippen molar-refractivity contribution < 1.29 is 14.3 Å². The number of ether oxygens (including phenoxy) is 2. The van der Waals surface area contributed by atoms with Crippen LogP contribution in [0.5, 0.6) is 0 Å². The lowest BCUT2D eigenvalue weighted by Crippen LogP contribution is -2.72. The first-order valence-electron chi connectivity index (χ1n) is 9.18. The van der Waals surface area contributed by atoms with Gasteiger partial charge in [0.05, 0.1) is 18.7 Å². The Balaban J connectivity index is 1.56. The highest BCUT2D eigenvalue weighted by Crippen LogP contribution is 2.38. The van der Waals surface area contributed by atoms with Gasteiger partial charge in [-0.2, -0.15) is 5.10 Å². The van der Waals surface area contributed by atoms with Gasteiger partial charge in [0, 0.05) is 39.6 Å². The highest BCUT2D eigenvalue weighted by atomic mass is 16.5. The van der Waals surface area contributed by atoms with Gasteiger partial charge in [0.25, 0.3) is 5.91 Å². The van der Waals surface area contributed by atoms with Crippen molar-refractivity contribution in [2.24, 2.45) is 5.92 Å². The lowest BCUT2D eigenvalue weighted by Gasteiger charge is -2.58. The van der Waals surface area contributed by atoms with Crippen LogP contribution in [-0.4, -0.2) is 84.6 Å². The van der Waals surface area contributed by atoms with Crippen LogP contribution in [0.2, 0.25) is 0 Å². The molecule has 3 heterocycles. The Morgan fingerprint density at radius 2 is 2.24 bits per heavy atom. The molecule has 140 valence electrons. The molecule has 0 aromatic carbocycles. The maximum Gasteiger partial charge on any atom is 0.274 e. The van der Waals surface area contributed by atoms with Crippen molar-refractivity contribution in [3.63, 3.8) is 0 Å². The smallest absolute Gasteiger partial charge is 0.274 e. The van der Waals surface area contributed by atoms with Gasteiger partial charge in [0.15, 0.2) is 0 Å². The number of methoxy groups -OCH3 is 1. The van der Waals surface area contributed by atoms with Gasteiger partial charge < -0.3 is 14.4 Å². The number of hydrogen-bond acceptors (Lipinski definition) is 5. The summed E-state index contributed by atoms with van der Waals surface area (Å²) in [4.78, 5) is 17.0. The minimum atomic E-state index is 0.0297. The average Bonchev–Trinajstić information content (AvgIpc) is 3.05. The molecular weight excluding hydrogens is 320 g/mol. The fourth-order valence-electron chi connectivity index (χ4n) is 3.96. The number of piperidine rings is 1. The maximum absolute atomic E-state index is 12.7. The number of carbonyl (C=O) groups is 1. The molecule has 0 radical (unpaired) electrons. The number of aromatic nitrogens is 2. The van der Waals surface area contributed by atoms with Crippen LogP contribution < -0.4 is 0 Å². The fourth-order valence-corrected chi connectivity index (χ4v) is 3.96. The van der Waals surface area contributed by atoms with Crippen LogP contribution in [0, 0.1) is 5.92 Å². The molecule has 2 aliphatic heterocycles. The van der Waals surface area contributed by atoms with Gasteiger partial charge >= 0.3 is 0 Å². The second-order valence-electron chi connectivity index (χ2n) is 7.28. The first-order valence-corrected chi connectivity index (χ1v) is 9.18. The molecule has 1 spiro atoms. The zero-order valence-corrected chi connectivity index (χ0v) is 15.6. The zero-order chi connectivity index (χ0) is 17.9. The molecule has 1 aromatic rings. The Hall–Kier alpha value is -1.44. The van der Waals surface area contributed by atoms with Crippen LogP contribution >= 0.6 is 0 Å². The molecule has 1 aromatic heterocycles. The predicted molar refractivity (Wildman–Crippen MR) is 94.6 cm³/mol. The largest absolute Gasteiger partial charge is 0.383 e. The molecule has 0 saturated carbocycles. The molecule has 25 heavy (non-hydrogen) atoms. The summed E-state index contributed by atoms with van der Waals surface area (Å²) in [7, 11) is 3.84. The molecule has 0 N–H and O–H groups in total. The molecule has 1 amide bonds. The minimum absolute atomic E-state index is 0.0297. The van der Waals surface area contributed by atoms with Crippen LogP contribution in [0.15, 0.2) is 12.3 Å². The van der Waals surface area contributed by atoms with Gasteiger partial charge in [-0.15, -0.1) is 0 Å². The molecule has 0 bridgehead atoms. The fraction of sp³-hybridized carbons (Fsp3) is 0.778. The van der Waals surface area contributed by atoms with E-state index in [0.29, 0.717) is 24.8 Å². The Morgan fingerprint density at radius 3 is 2.96 bits per heavy atom. The van der Waals surface area contributed by atoms with Crippen molar-refractivity contribution in [2.75, 3.05) is 53.6 Å². The highest BCUT2D eigenvalue weighted by molar-refractivity contribution is 5.93. The first-order chi connectivity index (χ1) is 12.1. The number of carbonyl (C=O) groups excluding carboxylic acids is 1. The summed E-state index contributed by atoms with van der Waals surface area (Å²) >= 11 is 0. The van der Waals surface area contributed by atoms with Crippen molar-refractivity contribution in [3.8, 4) is 0 Å². The summed E-state index contributed by atoms with van der Waals surface area (Å²) in [6.45, 7) is 7.56. The van der Waals surface area contributed by atoms with Crippen molar-refractivity contribution in [2.45, 2.75) is 31.8 Å². The van der Waals surface area contributed by atoms with Crippen molar-refractivity contribution in [1.82, 2.24) is 19.6 Å². The monoisotopic (exact) mass is 350 g/mol. The third-order valence-corrected chi connectivity index (χ3v) is 5.55. The van der Waals surface area contributed by atoms with E-state index in [4.69, 9.17) is 9.47 Å². The van der Waals surface area contributed by atoms with Crippen LogP contribution in [-0.2, 0) is 16.0 Å². The van der Waals surface area contributed by atoms with Gasteiger partial charge in [-0.25, -0.2) is 0 Å². The highest BCUT2D eigenvalue weighted by Gasteiger charge is 2.51. The molecule has 0 unspecified atom stereocenters. The second-order valence-corrected chi connectivity index (χ2v) is 7.28. The maximum atomic E-state index is 12.7. The summed E-state index contributed by atoms with van der Waals surface area (Å²) in [5.74, 6) is 0.628. The quantitative estimate of drug-likeness (QED) is 0.737. The number of hydrogen-bond donors (Lipinski definition) is 0. The average molecular weight is 350 g/mol. The Labute approximate surface area is 149 Å². The molecule has 3 rings (SSSR count). The van der Waals surface area contributed by atoms with E-state index in [0.717, 1.165) is 39.3 Å². The Morgan fingerprint density at radius 1 is 1.44 bits per heavy atom. The lowest BCUT2D eigenvalue weighted by molar-refractivity contribution is -0.0753. The van der Waals surface area contributed by atoms with E-state index in [1.54, 1.807) is 17.9 Å². The lowest BCUT2D eigenvalue weighted by atomic mass is 9.75. The van der Waals surface area contributed by atoms with Gasteiger partial charge in [-0.1, -0.05) is 0 Å².